The van der Waals surface area contributed by atoms with Gasteiger partial charge < -0.3 is 15.6 Å². The number of carbonyl (C=O) groups excluding carboxylic acids is 1. The SMILES string of the molecule is CCc1cccc2c(CCNC(=O)c3cn(C4CCNCC4)nn3)c[nH]c12. The van der Waals surface area contributed by atoms with Crippen LogP contribution in [-0.4, -0.2) is 45.5 Å². The third kappa shape index (κ3) is 3.73. The number of aryl methyl sites for hydroxylation is 1. The fourth-order valence-electron chi connectivity index (χ4n) is 3.81. The van der Waals surface area contributed by atoms with Gasteiger partial charge in [0.2, 0.25) is 0 Å². The average Bonchev–Trinajstić information content (AvgIpc) is 3.36. The molecule has 0 saturated carbocycles. The highest BCUT2D eigenvalue weighted by Gasteiger charge is 2.18. The molecule has 4 rings (SSSR count). The second-order valence-corrected chi connectivity index (χ2v) is 7.08. The lowest BCUT2D eigenvalue weighted by Crippen LogP contribution is -2.29. The van der Waals surface area contributed by atoms with E-state index in [0.717, 1.165) is 38.8 Å². The number of para-hydroxylation sites is 1. The number of nitrogens with zero attached hydrogens (tertiary/aromatic N) is 3. The van der Waals surface area contributed by atoms with E-state index in [1.807, 2.05) is 10.9 Å². The smallest absolute Gasteiger partial charge is 0.273 e. The van der Waals surface area contributed by atoms with Crippen molar-refractivity contribution in [3.8, 4) is 0 Å². The molecule has 1 saturated heterocycles. The molecular formula is C20H26N6O. The number of carbonyl (C=O) groups is 1. The first kappa shape index (κ1) is 17.7. The number of hydrogen-bond acceptors (Lipinski definition) is 4. The summed E-state index contributed by atoms with van der Waals surface area (Å²) in [5.74, 6) is -0.163. The van der Waals surface area contributed by atoms with E-state index in [9.17, 15) is 4.79 Å². The standard InChI is InChI=1S/C20H26N6O/c1-2-14-4-3-5-17-15(12-23-19(14)17)6-11-22-20(27)18-13-26(25-24-18)16-7-9-21-10-8-16/h3-5,12-13,16,21,23H,2,6-11H2,1H3,(H,22,27). The van der Waals surface area contributed by atoms with Gasteiger partial charge in [0.05, 0.1) is 12.2 Å². The van der Waals surface area contributed by atoms with Crippen molar-refractivity contribution in [1.29, 1.82) is 0 Å². The summed E-state index contributed by atoms with van der Waals surface area (Å²) in [6.07, 6.45) is 7.63. The predicted molar refractivity (Wildman–Crippen MR) is 105 cm³/mol. The van der Waals surface area contributed by atoms with Crippen molar-refractivity contribution in [3.63, 3.8) is 0 Å². The van der Waals surface area contributed by atoms with E-state index in [1.54, 1.807) is 6.20 Å². The summed E-state index contributed by atoms with van der Waals surface area (Å²) in [5.41, 5.74) is 4.13. The maximum atomic E-state index is 12.4. The number of piperidine rings is 1. The Morgan fingerprint density at radius 1 is 1.30 bits per heavy atom. The lowest BCUT2D eigenvalue weighted by atomic mass is 10.1. The van der Waals surface area contributed by atoms with Gasteiger partial charge in [0, 0.05) is 23.6 Å². The molecule has 1 aliphatic heterocycles. The van der Waals surface area contributed by atoms with Crippen LogP contribution in [0.3, 0.4) is 0 Å². The molecule has 3 aromatic rings. The fourth-order valence-corrected chi connectivity index (χ4v) is 3.81. The molecule has 142 valence electrons. The van der Waals surface area contributed by atoms with Gasteiger partial charge in [-0.2, -0.15) is 0 Å². The molecule has 0 unspecified atom stereocenters. The molecular weight excluding hydrogens is 340 g/mol. The molecule has 0 spiro atoms. The molecule has 27 heavy (non-hydrogen) atoms. The number of hydrogen-bond donors (Lipinski definition) is 3. The highest BCUT2D eigenvalue weighted by Crippen LogP contribution is 2.22. The van der Waals surface area contributed by atoms with Crippen LogP contribution in [0.25, 0.3) is 10.9 Å². The van der Waals surface area contributed by atoms with Gasteiger partial charge >= 0.3 is 0 Å². The minimum atomic E-state index is -0.163. The van der Waals surface area contributed by atoms with Crippen molar-refractivity contribution < 1.29 is 4.79 Å². The lowest BCUT2D eigenvalue weighted by Gasteiger charge is -2.22. The van der Waals surface area contributed by atoms with Crippen LogP contribution in [-0.2, 0) is 12.8 Å². The molecule has 3 heterocycles. The number of fused-ring (bicyclic) bond motifs is 1. The lowest BCUT2D eigenvalue weighted by molar-refractivity contribution is 0.0949. The molecule has 0 aliphatic carbocycles. The number of aromatic amines is 1. The van der Waals surface area contributed by atoms with Crippen molar-refractivity contribution in [2.24, 2.45) is 0 Å². The van der Waals surface area contributed by atoms with Crippen molar-refractivity contribution >= 4 is 16.8 Å². The van der Waals surface area contributed by atoms with Gasteiger partial charge in [0.1, 0.15) is 0 Å². The summed E-state index contributed by atoms with van der Waals surface area (Å²) >= 11 is 0. The quantitative estimate of drug-likeness (QED) is 0.624. The fraction of sp³-hybridized carbons (Fsp3) is 0.450. The van der Waals surface area contributed by atoms with Gasteiger partial charge in [-0.05, 0) is 49.9 Å². The minimum Gasteiger partial charge on any atom is -0.361 e. The van der Waals surface area contributed by atoms with E-state index in [0.29, 0.717) is 18.3 Å². The number of rotatable bonds is 6. The number of benzene rings is 1. The first-order valence-electron chi connectivity index (χ1n) is 9.75. The number of aromatic nitrogens is 4. The molecule has 7 nitrogen and oxygen atoms in total. The van der Waals surface area contributed by atoms with Gasteiger partial charge in [-0.25, -0.2) is 4.68 Å². The highest BCUT2D eigenvalue weighted by atomic mass is 16.2. The Balaban J connectivity index is 1.35. The summed E-state index contributed by atoms with van der Waals surface area (Å²) in [7, 11) is 0. The Morgan fingerprint density at radius 2 is 2.15 bits per heavy atom. The second-order valence-electron chi connectivity index (χ2n) is 7.08. The van der Waals surface area contributed by atoms with Crippen LogP contribution in [0.5, 0.6) is 0 Å². The summed E-state index contributed by atoms with van der Waals surface area (Å²) in [4.78, 5) is 15.8. The van der Waals surface area contributed by atoms with Crippen LogP contribution < -0.4 is 10.6 Å². The zero-order chi connectivity index (χ0) is 18.6. The van der Waals surface area contributed by atoms with Gasteiger partial charge in [-0.1, -0.05) is 30.3 Å². The Labute approximate surface area is 158 Å². The molecule has 1 fully saturated rings. The van der Waals surface area contributed by atoms with Gasteiger partial charge in [-0.3, -0.25) is 4.79 Å². The van der Waals surface area contributed by atoms with Crippen LogP contribution in [0.2, 0.25) is 0 Å². The molecule has 1 amide bonds. The van der Waals surface area contributed by atoms with Crippen molar-refractivity contribution in [3.05, 3.63) is 47.4 Å². The van der Waals surface area contributed by atoms with Gasteiger partial charge in [-0.15, -0.1) is 5.10 Å². The van der Waals surface area contributed by atoms with E-state index in [2.05, 4.69) is 51.1 Å². The molecule has 0 radical (unpaired) electrons. The second kappa shape index (κ2) is 7.92. The van der Waals surface area contributed by atoms with E-state index in [1.165, 1.54) is 22.0 Å². The normalized spacial score (nSPS) is 15.3. The van der Waals surface area contributed by atoms with Crippen molar-refractivity contribution in [2.75, 3.05) is 19.6 Å². The molecule has 0 atom stereocenters. The van der Waals surface area contributed by atoms with Crippen LogP contribution in [0.4, 0.5) is 0 Å². The van der Waals surface area contributed by atoms with E-state index in [-0.39, 0.29) is 5.91 Å². The third-order valence-electron chi connectivity index (χ3n) is 5.37. The van der Waals surface area contributed by atoms with E-state index < -0.39 is 0 Å². The number of H-pyrrole nitrogens is 1. The Morgan fingerprint density at radius 3 is 2.96 bits per heavy atom. The van der Waals surface area contributed by atoms with E-state index >= 15 is 0 Å². The third-order valence-corrected chi connectivity index (χ3v) is 5.37. The first-order chi connectivity index (χ1) is 13.3. The summed E-state index contributed by atoms with van der Waals surface area (Å²) in [6.45, 7) is 4.70. The first-order valence-corrected chi connectivity index (χ1v) is 9.75. The Kier molecular flexibility index (Phi) is 5.20. The van der Waals surface area contributed by atoms with Crippen molar-refractivity contribution in [2.45, 2.75) is 38.6 Å². The largest absolute Gasteiger partial charge is 0.361 e. The van der Waals surface area contributed by atoms with Crippen LogP contribution >= 0.6 is 0 Å². The average molecular weight is 366 g/mol. The monoisotopic (exact) mass is 366 g/mol. The van der Waals surface area contributed by atoms with Gasteiger partial charge in [0.15, 0.2) is 5.69 Å². The van der Waals surface area contributed by atoms with Crippen molar-refractivity contribution in [1.82, 2.24) is 30.6 Å². The van der Waals surface area contributed by atoms with Crippen LogP contribution in [0.1, 0.15) is 47.4 Å². The maximum Gasteiger partial charge on any atom is 0.273 e. The molecule has 1 aliphatic rings. The zero-order valence-corrected chi connectivity index (χ0v) is 15.7. The summed E-state index contributed by atoms with van der Waals surface area (Å²) < 4.78 is 1.84. The molecule has 1 aromatic carbocycles. The Hall–Kier alpha value is -2.67. The minimum absolute atomic E-state index is 0.163. The highest BCUT2D eigenvalue weighted by molar-refractivity contribution is 5.92. The van der Waals surface area contributed by atoms with E-state index in [4.69, 9.17) is 0 Å². The molecule has 7 heteroatoms. The maximum absolute atomic E-state index is 12.4. The van der Waals surface area contributed by atoms with Gasteiger partial charge in [0.25, 0.3) is 5.91 Å². The summed E-state index contributed by atoms with van der Waals surface area (Å²) in [6, 6.07) is 6.71. The Bertz CT molecular complexity index is 922. The van der Waals surface area contributed by atoms with Crippen LogP contribution in [0, 0.1) is 0 Å². The predicted octanol–water partition coefficient (Wildman–Crippen LogP) is 2.22. The zero-order valence-electron chi connectivity index (χ0n) is 15.7. The molecule has 2 aromatic heterocycles. The summed E-state index contributed by atoms with van der Waals surface area (Å²) in [5, 5.41) is 15.7. The topological polar surface area (TPSA) is 87.6 Å². The molecule has 0 bridgehead atoms. The number of amides is 1. The molecule has 3 N–H and O–H groups in total. The van der Waals surface area contributed by atoms with Crippen LogP contribution in [0.15, 0.2) is 30.6 Å². The number of nitrogens with one attached hydrogen (secondary N) is 3.